The quantitative estimate of drug-likeness (QED) is 0.346. The Morgan fingerprint density at radius 2 is 1.23 bits per heavy atom. The maximum atomic E-state index is 5.41. The second-order valence-corrected chi connectivity index (χ2v) is 3.07. The number of halogens is 1. The Bertz CT molecular complexity index is 85.5. The summed E-state index contributed by atoms with van der Waals surface area (Å²) in [6.07, 6.45) is 0. The average molecular weight is 229 g/mol. The van der Waals surface area contributed by atoms with Crippen LogP contribution in [0.4, 0.5) is 0 Å². The van der Waals surface area contributed by atoms with Gasteiger partial charge in [0.2, 0.25) is 0 Å². The minimum atomic E-state index is 0.533. The molecule has 0 rings (SSSR count). The average Bonchev–Trinajstić information content (AvgIpc) is 2.16. The van der Waals surface area contributed by atoms with Gasteiger partial charge in [0, 0.05) is 11.6 Å². The van der Waals surface area contributed by atoms with Gasteiger partial charge in [-0.15, -0.1) is 11.6 Å². The van der Waals surface area contributed by atoms with E-state index in [1.165, 1.54) is 0 Å². The first-order valence-corrected chi connectivity index (χ1v) is 5.48. The van der Waals surface area contributed by atoms with Gasteiger partial charge in [0.1, 0.15) is 0 Å². The van der Waals surface area contributed by atoms with Crippen molar-refractivity contribution in [3.8, 4) is 0 Å². The highest BCUT2D eigenvalue weighted by molar-refractivity contribution is 7.80. The summed E-state index contributed by atoms with van der Waals surface area (Å²) in [4.78, 5) is 0. The Morgan fingerprint density at radius 3 is 1.69 bits per heavy atom. The zero-order valence-corrected chi connectivity index (χ0v) is 9.36. The minimum absolute atomic E-state index is 0.533. The minimum Gasteiger partial charge on any atom is -0.378 e. The van der Waals surface area contributed by atoms with E-state index in [-0.39, 0.29) is 0 Å². The normalized spacial score (nSPS) is 10.6. The summed E-state index contributed by atoms with van der Waals surface area (Å²) in [5, 5.41) is 0. The Hall–Kier alpha value is 0.520. The molecular formula is C8H17ClO3S. The highest BCUT2D eigenvalue weighted by Crippen LogP contribution is 1.83. The number of alkyl halides is 1. The van der Waals surface area contributed by atoms with Gasteiger partial charge in [-0.1, -0.05) is 0 Å². The van der Waals surface area contributed by atoms with Gasteiger partial charge in [-0.25, -0.2) is 0 Å². The van der Waals surface area contributed by atoms with Crippen molar-refractivity contribution < 1.29 is 14.2 Å². The van der Waals surface area contributed by atoms with E-state index in [2.05, 4.69) is 12.6 Å². The van der Waals surface area contributed by atoms with E-state index in [0.29, 0.717) is 45.5 Å². The molecule has 0 aliphatic carbocycles. The standard InChI is InChI=1S/C8H17ClO3S/c9-1-2-10-3-4-11-5-6-12-7-8-13/h13H,1-8H2. The van der Waals surface area contributed by atoms with Crippen molar-refractivity contribution in [2.45, 2.75) is 0 Å². The molecule has 0 aliphatic rings. The maximum absolute atomic E-state index is 5.41. The molecule has 13 heavy (non-hydrogen) atoms. The highest BCUT2D eigenvalue weighted by Gasteiger charge is 1.89. The predicted molar refractivity (Wildman–Crippen MR) is 57.0 cm³/mol. The van der Waals surface area contributed by atoms with Gasteiger partial charge in [0.05, 0.1) is 39.6 Å². The second-order valence-electron chi connectivity index (χ2n) is 2.25. The molecule has 0 aromatic rings. The molecule has 3 nitrogen and oxygen atoms in total. The van der Waals surface area contributed by atoms with Crippen LogP contribution in [-0.2, 0) is 14.2 Å². The molecule has 0 aliphatic heterocycles. The first-order valence-electron chi connectivity index (χ1n) is 4.32. The molecule has 0 aromatic carbocycles. The monoisotopic (exact) mass is 228 g/mol. The molecule has 0 N–H and O–H groups in total. The van der Waals surface area contributed by atoms with Crippen molar-refractivity contribution >= 4 is 24.2 Å². The van der Waals surface area contributed by atoms with Crippen molar-refractivity contribution in [1.82, 2.24) is 0 Å². The van der Waals surface area contributed by atoms with Crippen molar-refractivity contribution in [3.63, 3.8) is 0 Å². The molecule has 0 fully saturated rings. The van der Waals surface area contributed by atoms with Crippen LogP contribution in [0.3, 0.4) is 0 Å². The lowest BCUT2D eigenvalue weighted by atomic mass is 10.7. The van der Waals surface area contributed by atoms with Crippen molar-refractivity contribution in [2.75, 3.05) is 51.3 Å². The molecule has 0 unspecified atom stereocenters. The topological polar surface area (TPSA) is 27.7 Å². The first-order chi connectivity index (χ1) is 6.41. The van der Waals surface area contributed by atoms with Gasteiger partial charge < -0.3 is 14.2 Å². The molecule has 0 bridgehead atoms. The van der Waals surface area contributed by atoms with Crippen molar-refractivity contribution in [2.24, 2.45) is 0 Å². The summed E-state index contributed by atoms with van der Waals surface area (Å²) in [6.45, 7) is 3.69. The molecular weight excluding hydrogens is 212 g/mol. The lowest BCUT2D eigenvalue weighted by molar-refractivity contribution is 0.0204. The number of rotatable bonds is 10. The van der Waals surface area contributed by atoms with Gasteiger partial charge in [-0.05, 0) is 0 Å². The van der Waals surface area contributed by atoms with Crippen LogP contribution in [-0.4, -0.2) is 51.3 Å². The summed E-state index contributed by atoms with van der Waals surface area (Å²) in [7, 11) is 0. The highest BCUT2D eigenvalue weighted by atomic mass is 35.5. The van der Waals surface area contributed by atoms with Crippen LogP contribution in [0, 0.1) is 0 Å². The number of ether oxygens (including phenoxy) is 3. The van der Waals surface area contributed by atoms with Crippen LogP contribution in [0.15, 0.2) is 0 Å². The van der Waals surface area contributed by atoms with E-state index in [1.807, 2.05) is 0 Å². The first kappa shape index (κ1) is 13.5. The van der Waals surface area contributed by atoms with Crippen LogP contribution in [0.2, 0.25) is 0 Å². The molecule has 0 heterocycles. The van der Waals surface area contributed by atoms with E-state index in [4.69, 9.17) is 25.8 Å². The van der Waals surface area contributed by atoms with Crippen LogP contribution < -0.4 is 0 Å². The van der Waals surface area contributed by atoms with Crippen LogP contribution in [0.5, 0.6) is 0 Å². The molecule has 5 heteroatoms. The Kier molecular flexibility index (Phi) is 13.0. The molecule has 0 spiro atoms. The third kappa shape index (κ3) is 12.5. The fourth-order valence-electron chi connectivity index (χ4n) is 0.661. The lowest BCUT2D eigenvalue weighted by Gasteiger charge is -2.04. The van der Waals surface area contributed by atoms with Crippen LogP contribution in [0.1, 0.15) is 0 Å². The largest absolute Gasteiger partial charge is 0.378 e. The van der Waals surface area contributed by atoms with E-state index >= 15 is 0 Å². The third-order valence-corrected chi connectivity index (χ3v) is 1.54. The smallest absolute Gasteiger partial charge is 0.0701 e. The number of thiol groups is 1. The molecule has 0 radical (unpaired) electrons. The SMILES string of the molecule is SCCOCCOCCOCCCl. The zero-order chi connectivity index (χ0) is 9.78. The Labute approximate surface area is 90.1 Å². The lowest BCUT2D eigenvalue weighted by Crippen LogP contribution is -2.10. The van der Waals surface area contributed by atoms with Crippen LogP contribution >= 0.6 is 24.2 Å². The predicted octanol–water partition coefficient (Wildman–Crippen LogP) is 1.20. The fraction of sp³-hybridized carbons (Fsp3) is 1.00. The molecule has 0 saturated carbocycles. The summed E-state index contributed by atoms with van der Waals surface area (Å²) in [5.41, 5.74) is 0. The molecule has 80 valence electrons. The maximum Gasteiger partial charge on any atom is 0.0701 e. The second kappa shape index (κ2) is 12.5. The summed E-state index contributed by atoms with van der Waals surface area (Å²) in [6, 6.07) is 0. The van der Waals surface area contributed by atoms with E-state index in [1.54, 1.807) is 0 Å². The third-order valence-electron chi connectivity index (χ3n) is 1.20. The molecule has 0 amide bonds. The van der Waals surface area contributed by atoms with Gasteiger partial charge in [0.15, 0.2) is 0 Å². The van der Waals surface area contributed by atoms with Gasteiger partial charge >= 0.3 is 0 Å². The molecule has 0 saturated heterocycles. The molecule has 0 aromatic heterocycles. The summed E-state index contributed by atoms with van der Waals surface area (Å²) in [5.74, 6) is 1.28. The fourth-order valence-corrected chi connectivity index (χ4v) is 0.899. The Morgan fingerprint density at radius 1 is 0.769 bits per heavy atom. The number of hydrogen-bond donors (Lipinski definition) is 1. The van der Waals surface area contributed by atoms with Gasteiger partial charge in [-0.3, -0.25) is 0 Å². The summed E-state index contributed by atoms with van der Waals surface area (Å²) >= 11 is 9.41. The van der Waals surface area contributed by atoms with E-state index in [9.17, 15) is 0 Å². The van der Waals surface area contributed by atoms with E-state index in [0.717, 1.165) is 5.75 Å². The van der Waals surface area contributed by atoms with Crippen LogP contribution in [0.25, 0.3) is 0 Å². The van der Waals surface area contributed by atoms with E-state index < -0.39 is 0 Å². The number of hydrogen-bond acceptors (Lipinski definition) is 4. The molecule has 0 atom stereocenters. The summed E-state index contributed by atoms with van der Waals surface area (Å²) < 4.78 is 15.5. The van der Waals surface area contributed by atoms with Gasteiger partial charge in [0.25, 0.3) is 0 Å². The van der Waals surface area contributed by atoms with Gasteiger partial charge in [-0.2, -0.15) is 12.6 Å². The zero-order valence-electron chi connectivity index (χ0n) is 7.71. The van der Waals surface area contributed by atoms with Crippen molar-refractivity contribution in [3.05, 3.63) is 0 Å². The Balaban J connectivity index is 2.76. The van der Waals surface area contributed by atoms with Crippen molar-refractivity contribution in [1.29, 1.82) is 0 Å².